The Morgan fingerprint density at radius 2 is 2.07 bits per heavy atom. The van der Waals surface area contributed by atoms with Crippen molar-refractivity contribution >= 4 is 31.9 Å². The fraction of sp³-hybridized carbons (Fsp3) is 0.500. The molecule has 0 aliphatic rings. The predicted molar refractivity (Wildman–Crippen MR) is 70.3 cm³/mol. The summed E-state index contributed by atoms with van der Waals surface area (Å²) in [5, 5.41) is 1.07. The molecule has 0 saturated heterocycles. The molecule has 0 amide bonds. The quantitative estimate of drug-likeness (QED) is 0.692. The van der Waals surface area contributed by atoms with Crippen molar-refractivity contribution < 1.29 is 0 Å². The Morgan fingerprint density at radius 3 is 2.57 bits per heavy atom. The molecular weight excluding hydrogens is 304 g/mol. The van der Waals surface area contributed by atoms with Gasteiger partial charge in [-0.2, -0.15) is 0 Å². The van der Waals surface area contributed by atoms with Crippen molar-refractivity contribution in [3.05, 3.63) is 33.8 Å². The van der Waals surface area contributed by atoms with E-state index in [1.54, 1.807) is 0 Å². The van der Waals surface area contributed by atoms with E-state index in [4.69, 9.17) is 0 Å². The second-order valence-corrected chi connectivity index (χ2v) is 5.23. The van der Waals surface area contributed by atoms with Gasteiger partial charge in [-0.25, -0.2) is 0 Å². The van der Waals surface area contributed by atoms with E-state index in [9.17, 15) is 0 Å². The van der Waals surface area contributed by atoms with Crippen molar-refractivity contribution in [1.82, 2.24) is 0 Å². The second kappa shape index (κ2) is 5.92. The zero-order valence-corrected chi connectivity index (χ0v) is 11.9. The average Bonchev–Trinajstić information content (AvgIpc) is 2.18. The van der Waals surface area contributed by atoms with Gasteiger partial charge in [-0.3, -0.25) is 0 Å². The van der Waals surface area contributed by atoms with Crippen LogP contribution < -0.4 is 0 Å². The summed E-state index contributed by atoms with van der Waals surface area (Å²) in [5.41, 5.74) is 2.81. The van der Waals surface area contributed by atoms with Gasteiger partial charge in [0.25, 0.3) is 0 Å². The molecule has 0 nitrogen and oxygen atoms in total. The Bertz CT molecular complexity index is 294. The van der Waals surface area contributed by atoms with E-state index >= 15 is 0 Å². The number of hydrogen-bond donors (Lipinski definition) is 0. The van der Waals surface area contributed by atoms with Crippen LogP contribution in [0.4, 0.5) is 0 Å². The molecule has 0 aliphatic heterocycles. The van der Waals surface area contributed by atoms with Crippen molar-refractivity contribution in [3.8, 4) is 0 Å². The zero-order valence-electron chi connectivity index (χ0n) is 8.69. The topological polar surface area (TPSA) is 0 Å². The summed E-state index contributed by atoms with van der Waals surface area (Å²) in [6.45, 7) is 4.45. The second-order valence-electron chi connectivity index (χ2n) is 3.58. The predicted octanol–water partition coefficient (Wildman–Crippen LogP) is 4.90. The highest BCUT2D eigenvalue weighted by molar-refractivity contribution is 9.10. The van der Waals surface area contributed by atoms with Crippen LogP contribution in [0.25, 0.3) is 0 Å². The van der Waals surface area contributed by atoms with Gasteiger partial charge < -0.3 is 0 Å². The fourth-order valence-electron chi connectivity index (χ4n) is 1.49. The van der Waals surface area contributed by atoms with E-state index in [0.29, 0.717) is 5.92 Å². The summed E-state index contributed by atoms with van der Waals surface area (Å²) in [6, 6.07) is 6.73. The summed E-state index contributed by atoms with van der Waals surface area (Å²) in [4.78, 5) is 0. The third-order valence-corrected chi connectivity index (χ3v) is 3.77. The van der Waals surface area contributed by atoms with Crippen molar-refractivity contribution in [3.63, 3.8) is 0 Å². The monoisotopic (exact) mass is 318 g/mol. The lowest BCUT2D eigenvalue weighted by Crippen LogP contribution is -1.95. The first-order valence-electron chi connectivity index (χ1n) is 5.03. The lowest BCUT2D eigenvalue weighted by molar-refractivity contribution is 0.743. The number of rotatable bonds is 4. The summed E-state index contributed by atoms with van der Waals surface area (Å²) in [5.74, 6) is 0.636. The minimum Gasteiger partial charge on any atom is -0.0928 e. The summed E-state index contributed by atoms with van der Waals surface area (Å²) in [6.07, 6.45) is 2.28. The van der Waals surface area contributed by atoms with E-state index in [0.717, 1.165) is 11.8 Å². The molecule has 1 aromatic rings. The minimum absolute atomic E-state index is 0.636. The number of aryl methyl sites for hydroxylation is 1. The molecule has 78 valence electrons. The summed E-state index contributed by atoms with van der Waals surface area (Å²) >= 11 is 7.10. The molecule has 2 heteroatoms. The molecule has 0 radical (unpaired) electrons. The van der Waals surface area contributed by atoms with Crippen LogP contribution in [-0.4, -0.2) is 5.33 Å². The molecule has 1 rings (SSSR count). The molecule has 14 heavy (non-hydrogen) atoms. The first-order valence-corrected chi connectivity index (χ1v) is 6.94. The maximum Gasteiger partial charge on any atom is 0.0210 e. The van der Waals surface area contributed by atoms with E-state index in [1.165, 1.54) is 22.0 Å². The van der Waals surface area contributed by atoms with Gasteiger partial charge in [0.05, 0.1) is 0 Å². The Hall–Kier alpha value is 0.180. The molecule has 0 aliphatic carbocycles. The molecule has 0 N–H and O–H groups in total. The number of hydrogen-bond acceptors (Lipinski definition) is 0. The molecule has 1 atom stereocenters. The third kappa shape index (κ3) is 3.09. The van der Waals surface area contributed by atoms with Crippen molar-refractivity contribution in [1.29, 1.82) is 0 Å². The lowest BCUT2D eigenvalue weighted by Gasteiger charge is -2.12. The van der Waals surface area contributed by atoms with E-state index in [1.807, 2.05) is 0 Å². The maximum absolute atomic E-state index is 3.61. The van der Waals surface area contributed by atoms with Gasteiger partial charge in [0.2, 0.25) is 0 Å². The Labute approximate surface area is 103 Å². The number of benzene rings is 1. The smallest absolute Gasteiger partial charge is 0.0210 e. The molecule has 0 aromatic heterocycles. The van der Waals surface area contributed by atoms with Crippen molar-refractivity contribution in [2.75, 3.05) is 5.33 Å². The lowest BCUT2D eigenvalue weighted by atomic mass is 9.97. The Morgan fingerprint density at radius 1 is 1.36 bits per heavy atom. The normalized spacial score (nSPS) is 12.9. The highest BCUT2D eigenvalue weighted by atomic mass is 79.9. The molecular formula is C12H16Br2. The van der Waals surface area contributed by atoms with Gasteiger partial charge in [0, 0.05) is 9.80 Å². The van der Waals surface area contributed by atoms with E-state index in [-0.39, 0.29) is 0 Å². The van der Waals surface area contributed by atoms with Crippen LogP contribution in [0.15, 0.2) is 22.7 Å². The first kappa shape index (κ1) is 12.3. The van der Waals surface area contributed by atoms with Gasteiger partial charge in [0.15, 0.2) is 0 Å². The van der Waals surface area contributed by atoms with Gasteiger partial charge in [-0.05, 0) is 36.0 Å². The van der Waals surface area contributed by atoms with Crippen LogP contribution >= 0.6 is 31.9 Å². The van der Waals surface area contributed by atoms with Gasteiger partial charge >= 0.3 is 0 Å². The number of alkyl halides is 1. The van der Waals surface area contributed by atoms with Crippen molar-refractivity contribution in [2.45, 2.75) is 32.6 Å². The van der Waals surface area contributed by atoms with Crippen LogP contribution in [-0.2, 0) is 6.42 Å². The largest absolute Gasteiger partial charge is 0.0928 e. The molecule has 0 spiro atoms. The molecule has 1 unspecified atom stereocenters. The highest BCUT2D eigenvalue weighted by Crippen LogP contribution is 2.26. The van der Waals surface area contributed by atoms with Gasteiger partial charge in [-0.1, -0.05) is 57.8 Å². The average molecular weight is 320 g/mol. The Kier molecular flexibility index (Phi) is 5.18. The molecule has 0 saturated carbocycles. The molecule has 0 heterocycles. The standard InChI is InChI=1S/C12H16Br2/c1-3-10-4-5-11(8-12(10)14)9(2)6-7-13/h4-5,8-9H,3,6-7H2,1-2H3. The number of halogens is 2. The fourth-order valence-corrected chi connectivity index (χ4v) is 2.85. The van der Waals surface area contributed by atoms with Crippen LogP contribution in [0.5, 0.6) is 0 Å². The van der Waals surface area contributed by atoms with Crippen LogP contribution in [0.3, 0.4) is 0 Å². The van der Waals surface area contributed by atoms with Crippen LogP contribution in [0.1, 0.15) is 37.3 Å². The SMILES string of the molecule is CCc1ccc(C(C)CCBr)cc1Br. The van der Waals surface area contributed by atoms with Crippen LogP contribution in [0.2, 0.25) is 0 Å². The van der Waals surface area contributed by atoms with Crippen molar-refractivity contribution in [2.24, 2.45) is 0 Å². The molecule has 0 bridgehead atoms. The van der Waals surface area contributed by atoms with Crippen LogP contribution in [0, 0.1) is 0 Å². The molecule has 0 fully saturated rings. The van der Waals surface area contributed by atoms with Gasteiger partial charge in [0.1, 0.15) is 0 Å². The van der Waals surface area contributed by atoms with E-state index < -0.39 is 0 Å². The highest BCUT2D eigenvalue weighted by Gasteiger charge is 2.06. The first-order chi connectivity index (χ1) is 6.69. The maximum atomic E-state index is 3.61. The molecule has 1 aromatic carbocycles. The zero-order chi connectivity index (χ0) is 10.6. The van der Waals surface area contributed by atoms with E-state index in [2.05, 4.69) is 63.9 Å². The summed E-state index contributed by atoms with van der Waals surface area (Å²) in [7, 11) is 0. The minimum atomic E-state index is 0.636. The Balaban J connectivity index is 2.85. The van der Waals surface area contributed by atoms with Gasteiger partial charge in [-0.15, -0.1) is 0 Å². The third-order valence-electron chi connectivity index (χ3n) is 2.57. The summed E-state index contributed by atoms with van der Waals surface area (Å²) < 4.78 is 1.25.